The molecule has 0 aromatic carbocycles. The number of aliphatic carboxylic acids is 1. The first-order chi connectivity index (χ1) is 5.96. The van der Waals surface area contributed by atoms with Crippen molar-refractivity contribution in [2.75, 3.05) is 6.61 Å². The summed E-state index contributed by atoms with van der Waals surface area (Å²) in [6.07, 6.45) is 0.945. The van der Waals surface area contributed by atoms with Crippen molar-refractivity contribution in [3.8, 4) is 0 Å². The van der Waals surface area contributed by atoms with Crippen LogP contribution in [0.2, 0.25) is 0 Å². The third-order valence-electron chi connectivity index (χ3n) is 2.80. The van der Waals surface area contributed by atoms with Crippen LogP contribution in [0, 0.1) is 0 Å². The van der Waals surface area contributed by atoms with Crippen molar-refractivity contribution >= 4 is 5.97 Å². The van der Waals surface area contributed by atoms with Crippen molar-refractivity contribution in [2.45, 2.75) is 44.9 Å². The van der Waals surface area contributed by atoms with Crippen molar-refractivity contribution in [1.82, 2.24) is 5.32 Å². The largest absolute Gasteiger partial charge is 0.480 e. The fourth-order valence-electron chi connectivity index (χ4n) is 1.58. The standard InChI is InChI=1S/C9H17NO3/c1-6(8(11)12)10-9(3)4-5-13-7(9)2/h6-7,10H,4-5H2,1-3H3,(H,11,12). The van der Waals surface area contributed by atoms with E-state index in [9.17, 15) is 4.79 Å². The number of carbonyl (C=O) groups is 1. The van der Waals surface area contributed by atoms with Gasteiger partial charge < -0.3 is 9.84 Å². The van der Waals surface area contributed by atoms with Gasteiger partial charge in [-0.2, -0.15) is 0 Å². The maximum absolute atomic E-state index is 10.6. The molecular weight excluding hydrogens is 170 g/mol. The van der Waals surface area contributed by atoms with E-state index in [-0.39, 0.29) is 11.6 Å². The lowest BCUT2D eigenvalue weighted by Gasteiger charge is -2.30. The highest BCUT2D eigenvalue weighted by Gasteiger charge is 2.38. The van der Waals surface area contributed by atoms with Crippen LogP contribution < -0.4 is 5.32 Å². The summed E-state index contributed by atoms with van der Waals surface area (Å²) >= 11 is 0. The number of carboxylic acids is 1. The summed E-state index contributed by atoms with van der Waals surface area (Å²) in [6.45, 7) is 6.33. The Labute approximate surface area is 78.3 Å². The Bertz CT molecular complexity index is 207. The molecule has 0 radical (unpaired) electrons. The van der Waals surface area contributed by atoms with Gasteiger partial charge in [0.15, 0.2) is 0 Å². The lowest BCUT2D eigenvalue weighted by molar-refractivity contribution is -0.139. The van der Waals surface area contributed by atoms with Crippen molar-refractivity contribution in [3.63, 3.8) is 0 Å². The van der Waals surface area contributed by atoms with E-state index in [1.54, 1.807) is 6.92 Å². The molecule has 0 aliphatic carbocycles. The normalized spacial score (nSPS) is 36.1. The molecule has 4 heteroatoms. The molecule has 1 heterocycles. The van der Waals surface area contributed by atoms with Gasteiger partial charge in [-0.15, -0.1) is 0 Å². The van der Waals surface area contributed by atoms with Gasteiger partial charge in [0, 0.05) is 12.1 Å². The molecule has 0 saturated carbocycles. The van der Waals surface area contributed by atoms with Crippen molar-refractivity contribution in [3.05, 3.63) is 0 Å². The number of hydrogen-bond donors (Lipinski definition) is 2. The van der Waals surface area contributed by atoms with E-state index in [4.69, 9.17) is 9.84 Å². The SMILES string of the molecule is CC(NC1(C)CCOC1C)C(=O)O. The van der Waals surface area contributed by atoms with Crippen molar-refractivity contribution in [2.24, 2.45) is 0 Å². The molecule has 13 heavy (non-hydrogen) atoms. The summed E-state index contributed by atoms with van der Waals surface area (Å²) in [5.41, 5.74) is -0.197. The number of nitrogens with one attached hydrogen (secondary N) is 1. The molecule has 0 spiro atoms. The van der Waals surface area contributed by atoms with Crippen LogP contribution >= 0.6 is 0 Å². The van der Waals surface area contributed by atoms with Gasteiger partial charge in [-0.1, -0.05) is 0 Å². The minimum atomic E-state index is -0.819. The van der Waals surface area contributed by atoms with Gasteiger partial charge in [0.1, 0.15) is 6.04 Å². The Morgan fingerprint density at radius 1 is 1.77 bits per heavy atom. The molecule has 1 rings (SSSR count). The fourth-order valence-corrected chi connectivity index (χ4v) is 1.58. The zero-order valence-corrected chi connectivity index (χ0v) is 8.33. The monoisotopic (exact) mass is 187 g/mol. The number of rotatable bonds is 3. The molecule has 1 saturated heterocycles. The predicted octanol–water partition coefficient (Wildman–Crippen LogP) is 0.617. The lowest BCUT2D eigenvalue weighted by Crippen LogP contribution is -2.53. The second-order valence-corrected chi connectivity index (χ2v) is 3.88. The van der Waals surface area contributed by atoms with Gasteiger partial charge in [-0.3, -0.25) is 10.1 Å². The molecule has 2 N–H and O–H groups in total. The van der Waals surface area contributed by atoms with Crippen molar-refractivity contribution in [1.29, 1.82) is 0 Å². The first-order valence-corrected chi connectivity index (χ1v) is 4.58. The first kappa shape index (κ1) is 10.5. The van der Waals surface area contributed by atoms with Crippen LogP contribution in [0.5, 0.6) is 0 Å². The van der Waals surface area contributed by atoms with E-state index >= 15 is 0 Å². The highest BCUT2D eigenvalue weighted by atomic mass is 16.5. The molecule has 0 amide bonds. The first-order valence-electron chi connectivity index (χ1n) is 4.58. The maximum Gasteiger partial charge on any atom is 0.320 e. The van der Waals surface area contributed by atoms with E-state index in [0.29, 0.717) is 6.61 Å². The summed E-state index contributed by atoms with van der Waals surface area (Å²) in [7, 11) is 0. The summed E-state index contributed by atoms with van der Waals surface area (Å²) in [5, 5.41) is 11.8. The lowest BCUT2D eigenvalue weighted by atomic mass is 9.94. The topological polar surface area (TPSA) is 58.6 Å². The smallest absolute Gasteiger partial charge is 0.320 e. The average Bonchev–Trinajstić information content (AvgIpc) is 2.32. The number of carboxylic acid groups (broad SMARTS) is 1. The minimum absolute atomic E-state index is 0.0781. The molecule has 3 unspecified atom stereocenters. The van der Waals surface area contributed by atoms with E-state index in [1.807, 2.05) is 13.8 Å². The third-order valence-corrected chi connectivity index (χ3v) is 2.80. The Morgan fingerprint density at radius 3 is 2.77 bits per heavy atom. The molecule has 1 fully saturated rings. The van der Waals surface area contributed by atoms with Crippen LogP contribution in [0.15, 0.2) is 0 Å². The van der Waals surface area contributed by atoms with Crippen LogP contribution in [0.4, 0.5) is 0 Å². The summed E-state index contributed by atoms with van der Waals surface area (Å²) in [4.78, 5) is 10.6. The van der Waals surface area contributed by atoms with Gasteiger partial charge in [0.2, 0.25) is 0 Å². The Balaban J connectivity index is 2.56. The van der Waals surface area contributed by atoms with Crippen LogP contribution in [0.25, 0.3) is 0 Å². The predicted molar refractivity (Wildman–Crippen MR) is 48.7 cm³/mol. The van der Waals surface area contributed by atoms with Crippen molar-refractivity contribution < 1.29 is 14.6 Å². The van der Waals surface area contributed by atoms with Gasteiger partial charge >= 0.3 is 5.97 Å². The number of ether oxygens (including phenoxy) is 1. The van der Waals surface area contributed by atoms with E-state index in [0.717, 1.165) is 6.42 Å². The zero-order chi connectivity index (χ0) is 10.1. The summed E-state index contributed by atoms with van der Waals surface area (Å²) in [6, 6.07) is -0.519. The van der Waals surface area contributed by atoms with Crippen LogP contribution in [0.3, 0.4) is 0 Å². The van der Waals surface area contributed by atoms with Crippen LogP contribution in [-0.4, -0.2) is 35.4 Å². The van der Waals surface area contributed by atoms with Gasteiger partial charge in [-0.05, 0) is 27.2 Å². The van der Waals surface area contributed by atoms with Gasteiger partial charge in [0.05, 0.1) is 6.10 Å². The summed E-state index contributed by atoms with van der Waals surface area (Å²) < 4.78 is 5.39. The fraction of sp³-hybridized carbons (Fsp3) is 0.889. The highest BCUT2D eigenvalue weighted by Crippen LogP contribution is 2.25. The average molecular weight is 187 g/mol. The maximum atomic E-state index is 10.6. The van der Waals surface area contributed by atoms with E-state index < -0.39 is 12.0 Å². The molecule has 3 atom stereocenters. The Kier molecular flexibility index (Phi) is 2.93. The molecular formula is C9H17NO3. The highest BCUT2D eigenvalue weighted by molar-refractivity contribution is 5.73. The molecule has 1 aliphatic heterocycles. The molecule has 0 aromatic heterocycles. The molecule has 76 valence electrons. The molecule has 4 nitrogen and oxygen atoms in total. The quantitative estimate of drug-likeness (QED) is 0.680. The Hall–Kier alpha value is -0.610. The Morgan fingerprint density at radius 2 is 2.38 bits per heavy atom. The zero-order valence-electron chi connectivity index (χ0n) is 8.33. The molecule has 0 bridgehead atoms. The minimum Gasteiger partial charge on any atom is -0.480 e. The third kappa shape index (κ3) is 2.19. The second-order valence-electron chi connectivity index (χ2n) is 3.88. The van der Waals surface area contributed by atoms with E-state index in [1.165, 1.54) is 0 Å². The summed E-state index contributed by atoms with van der Waals surface area (Å²) in [5.74, 6) is -0.819. The molecule has 0 aromatic rings. The van der Waals surface area contributed by atoms with Crippen LogP contribution in [0.1, 0.15) is 27.2 Å². The van der Waals surface area contributed by atoms with Gasteiger partial charge in [-0.25, -0.2) is 0 Å². The van der Waals surface area contributed by atoms with Crippen LogP contribution in [-0.2, 0) is 9.53 Å². The second kappa shape index (κ2) is 3.64. The number of hydrogen-bond acceptors (Lipinski definition) is 3. The molecule has 1 aliphatic rings. The van der Waals surface area contributed by atoms with E-state index in [2.05, 4.69) is 5.32 Å². The van der Waals surface area contributed by atoms with Gasteiger partial charge in [0.25, 0.3) is 0 Å².